The first-order valence-electron chi connectivity index (χ1n) is 5.16. The van der Waals surface area contributed by atoms with Crippen LogP contribution in [0.1, 0.15) is 0 Å². The van der Waals surface area contributed by atoms with E-state index >= 15 is 0 Å². The fraction of sp³-hybridized carbons (Fsp3) is 0. The van der Waals surface area contributed by atoms with Gasteiger partial charge in [-0.3, -0.25) is 0 Å². The summed E-state index contributed by atoms with van der Waals surface area (Å²) >= 11 is 3.06. The molecule has 0 aliphatic carbocycles. The summed E-state index contributed by atoms with van der Waals surface area (Å²) in [4.78, 5) is 0. The Morgan fingerprint density at radius 1 is 0.850 bits per heavy atom. The molecule has 20 heavy (non-hydrogen) atoms. The third-order valence-electron chi connectivity index (χ3n) is 2.46. The molecular weight excluding hydrogens is 347 g/mol. The number of halogens is 6. The predicted molar refractivity (Wildman–Crippen MR) is 68.1 cm³/mol. The molecule has 106 valence electrons. The maximum Gasteiger partial charge on any atom is 0.200 e. The van der Waals surface area contributed by atoms with Crippen molar-refractivity contribution in [2.45, 2.75) is 0 Å². The standard InChI is InChI=1S/C12H6BrF5N2/c13-5-3-4(19)1-2-6(5)20-12-10(17)8(15)7(14)9(16)11(12)18/h1-3,20H,19H2. The van der Waals surface area contributed by atoms with Gasteiger partial charge in [0, 0.05) is 10.2 Å². The van der Waals surface area contributed by atoms with Crippen LogP contribution in [0.4, 0.5) is 39.0 Å². The van der Waals surface area contributed by atoms with Crippen LogP contribution < -0.4 is 11.1 Å². The highest BCUT2D eigenvalue weighted by atomic mass is 79.9. The molecule has 3 N–H and O–H groups in total. The molecule has 0 atom stereocenters. The normalized spacial score (nSPS) is 10.7. The minimum absolute atomic E-state index is 0.0995. The molecule has 0 aliphatic heterocycles. The Hall–Kier alpha value is -1.83. The lowest BCUT2D eigenvalue weighted by Gasteiger charge is -2.12. The van der Waals surface area contributed by atoms with Crippen LogP contribution in [-0.2, 0) is 0 Å². The molecule has 0 aliphatic rings. The van der Waals surface area contributed by atoms with Gasteiger partial charge in [-0.2, -0.15) is 0 Å². The van der Waals surface area contributed by atoms with Crippen LogP contribution in [0.25, 0.3) is 0 Å². The Kier molecular flexibility index (Phi) is 3.85. The second-order valence-corrected chi connectivity index (χ2v) is 4.66. The minimum atomic E-state index is -2.21. The molecule has 2 rings (SSSR count). The van der Waals surface area contributed by atoms with Crippen molar-refractivity contribution in [3.8, 4) is 0 Å². The molecule has 0 amide bonds. The summed E-state index contributed by atoms with van der Waals surface area (Å²) in [5.41, 5.74) is 4.80. The second-order valence-electron chi connectivity index (χ2n) is 3.81. The number of benzene rings is 2. The van der Waals surface area contributed by atoms with Crippen molar-refractivity contribution >= 4 is 33.0 Å². The summed E-state index contributed by atoms with van der Waals surface area (Å²) in [5.74, 6) is -10.1. The molecule has 0 spiro atoms. The van der Waals surface area contributed by atoms with Gasteiger partial charge in [-0.05, 0) is 34.1 Å². The Bertz CT molecular complexity index is 661. The molecule has 2 aromatic rings. The monoisotopic (exact) mass is 352 g/mol. The quantitative estimate of drug-likeness (QED) is 0.362. The van der Waals surface area contributed by atoms with Crippen LogP contribution in [0.2, 0.25) is 0 Å². The fourth-order valence-corrected chi connectivity index (χ4v) is 1.98. The highest BCUT2D eigenvalue weighted by Gasteiger charge is 2.26. The summed E-state index contributed by atoms with van der Waals surface area (Å²) < 4.78 is 66.2. The molecule has 2 aromatic carbocycles. The second kappa shape index (κ2) is 5.28. The molecule has 0 fully saturated rings. The van der Waals surface area contributed by atoms with Crippen molar-refractivity contribution in [2.75, 3.05) is 11.1 Å². The number of nitrogen functional groups attached to an aromatic ring is 1. The third kappa shape index (κ3) is 2.43. The third-order valence-corrected chi connectivity index (χ3v) is 3.12. The Morgan fingerprint density at radius 2 is 1.35 bits per heavy atom. The molecule has 0 heterocycles. The average molecular weight is 353 g/mol. The zero-order valence-corrected chi connectivity index (χ0v) is 11.2. The van der Waals surface area contributed by atoms with E-state index in [1.807, 2.05) is 0 Å². The van der Waals surface area contributed by atoms with Crippen molar-refractivity contribution in [2.24, 2.45) is 0 Å². The molecule has 0 saturated heterocycles. The molecule has 8 heteroatoms. The van der Waals surface area contributed by atoms with E-state index in [-0.39, 0.29) is 5.69 Å². The van der Waals surface area contributed by atoms with Gasteiger partial charge in [0.2, 0.25) is 5.82 Å². The highest BCUT2D eigenvalue weighted by molar-refractivity contribution is 9.10. The van der Waals surface area contributed by atoms with E-state index < -0.39 is 34.8 Å². The van der Waals surface area contributed by atoms with Crippen LogP contribution in [0, 0.1) is 29.1 Å². The SMILES string of the molecule is Nc1ccc(Nc2c(F)c(F)c(F)c(F)c2F)c(Br)c1. The van der Waals surface area contributed by atoms with E-state index in [2.05, 4.69) is 21.2 Å². The molecule has 0 bridgehead atoms. The van der Waals surface area contributed by atoms with E-state index in [4.69, 9.17) is 5.73 Å². The molecule has 2 nitrogen and oxygen atoms in total. The molecule has 0 saturated carbocycles. The minimum Gasteiger partial charge on any atom is -0.399 e. The van der Waals surface area contributed by atoms with E-state index in [0.717, 1.165) is 0 Å². The van der Waals surface area contributed by atoms with E-state index in [0.29, 0.717) is 10.2 Å². The van der Waals surface area contributed by atoms with Crippen molar-refractivity contribution in [1.82, 2.24) is 0 Å². The van der Waals surface area contributed by atoms with Gasteiger partial charge < -0.3 is 11.1 Å². The van der Waals surface area contributed by atoms with Gasteiger partial charge >= 0.3 is 0 Å². The van der Waals surface area contributed by atoms with Gasteiger partial charge in [0.25, 0.3) is 0 Å². The van der Waals surface area contributed by atoms with Gasteiger partial charge in [0.15, 0.2) is 23.3 Å². The average Bonchev–Trinajstić information content (AvgIpc) is 2.41. The van der Waals surface area contributed by atoms with Gasteiger partial charge in [0.05, 0.1) is 5.69 Å². The zero-order valence-electron chi connectivity index (χ0n) is 9.58. The number of hydrogen-bond donors (Lipinski definition) is 2. The van der Waals surface area contributed by atoms with E-state index in [9.17, 15) is 22.0 Å². The lowest BCUT2D eigenvalue weighted by Crippen LogP contribution is -2.07. The maximum absolute atomic E-state index is 13.5. The van der Waals surface area contributed by atoms with Crippen LogP contribution in [0.15, 0.2) is 22.7 Å². The number of anilines is 3. The summed E-state index contributed by atoms with van der Waals surface area (Å²) in [6.07, 6.45) is 0. The Balaban J connectivity index is 2.54. The topological polar surface area (TPSA) is 38.0 Å². The van der Waals surface area contributed by atoms with Gasteiger partial charge in [-0.25, -0.2) is 22.0 Å². The van der Waals surface area contributed by atoms with Gasteiger partial charge in [-0.15, -0.1) is 0 Å². The van der Waals surface area contributed by atoms with Gasteiger partial charge in [-0.1, -0.05) is 0 Å². The number of nitrogens with two attached hydrogens (primary N) is 1. The van der Waals surface area contributed by atoms with Crippen molar-refractivity contribution < 1.29 is 22.0 Å². The van der Waals surface area contributed by atoms with Gasteiger partial charge in [0.1, 0.15) is 5.69 Å². The van der Waals surface area contributed by atoms with Crippen molar-refractivity contribution in [3.05, 3.63) is 51.8 Å². The van der Waals surface area contributed by atoms with E-state index in [1.54, 1.807) is 0 Å². The molecule has 0 radical (unpaired) electrons. The van der Waals surface area contributed by atoms with Crippen LogP contribution in [0.3, 0.4) is 0 Å². The van der Waals surface area contributed by atoms with Crippen LogP contribution in [0.5, 0.6) is 0 Å². The first-order chi connectivity index (χ1) is 9.32. The van der Waals surface area contributed by atoms with Crippen LogP contribution >= 0.6 is 15.9 Å². The van der Waals surface area contributed by atoms with E-state index in [1.165, 1.54) is 18.2 Å². The van der Waals surface area contributed by atoms with Crippen LogP contribution in [-0.4, -0.2) is 0 Å². The summed E-state index contributed by atoms with van der Waals surface area (Å²) in [6, 6.07) is 4.14. The predicted octanol–water partition coefficient (Wildman–Crippen LogP) is 4.47. The lowest BCUT2D eigenvalue weighted by atomic mass is 10.2. The Morgan fingerprint density at radius 3 is 1.85 bits per heavy atom. The first kappa shape index (κ1) is 14.6. The first-order valence-corrected chi connectivity index (χ1v) is 5.95. The largest absolute Gasteiger partial charge is 0.399 e. The zero-order chi connectivity index (χ0) is 15.0. The number of rotatable bonds is 2. The lowest BCUT2D eigenvalue weighted by molar-refractivity contribution is 0.382. The highest BCUT2D eigenvalue weighted by Crippen LogP contribution is 2.33. The summed E-state index contributed by atoms with van der Waals surface area (Å²) in [5, 5.41) is 2.15. The summed E-state index contributed by atoms with van der Waals surface area (Å²) in [6.45, 7) is 0. The molecule has 0 unspecified atom stereocenters. The smallest absolute Gasteiger partial charge is 0.200 e. The molecular formula is C12H6BrF5N2. The Labute approximate surface area is 118 Å². The summed E-state index contributed by atoms with van der Waals surface area (Å²) in [7, 11) is 0. The number of nitrogens with one attached hydrogen (secondary N) is 1. The van der Waals surface area contributed by atoms with Crippen molar-refractivity contribution in [1.29, 1.82) is 0 Å². The maximum atomic E-state index is 13.5. The number of hydrogen-bond acceptors (Lipinski definition) is 2. The van der Waals surface area contributed by atoms with Crippen molar-refractivity contribution in [3.63, 3.8) is 0 Å². The molecule has 0 aromatic heterocycles. The fourth-order valence-electron chi connectivity index (χ4n) is 1.48.